The van der Waals surface area contributed by atoms with Crippen molar-refractivity contribution in [1.82, 2.24) is 24.7 Å². The third-order valence-electron chi connectivity index (χ3n) is 4.61. The van der Waals surface area contributed by atoms with Gasteiger partial charge in [0, 0.05) is 11.6 Å². The lowest BCUT2D eigenvalue weighted by Crippen LogP contribution is -2.21. The normalized spacial score (nSPS) is 12.4. The lowest BCUT2D eigenvalue weighted by Gasteiger charge is -2.09. The van der Waals surface area contributed by atoms with Gasteiger partial charge in [-0.15, -0.1) is 0 Å². The minimum absolute atomic E-state index is 0.0915. The number of alkyl halides is 3. The van der Waals surface area contributed by atoms with E-state index in [1.165, 1.54) is 16.8 Å². The van der Waals surface area contributed by atoms with Crippen LogP contribution >= 0.6 is 0 Å². The molecule has 0 aliphatic carbocycles. The standard InChI is InChI=1S/C20H18F3N5O3S/c1-32(29,30)25-11-18-17-10-16(31-12-14-8-9-24-26-14)6-7-19(17)28(27-18)15-4-2-13(3-5-15)20(21,22)23/h2-10,25H,11-12H2,1H3,(H,24,26). The Morgan fingerprint density at radius 1 is 1.12 bits per heavy atom. The van der Waals surface area contributed by atoms with Crippen LogP contribution in [0.25, 0.3) is 16.6 Å². The van der Waals surface area contributed by atoms with Gasteiger partial charge in [0.25, 0.3) is 0 Å². The highest BCUT2D eigenvalue weighted by Crippen LogP contribution is 2.31. The molecule has 32 heavy (non-hydrogen) atoms. The molecular weight excluding hydrogens is 447 g/mol. The molecule has 0 aliphatic rings. The van der Waals surface area contributed by atoms with Crippen LogP contribution in [0.1, 0.15) is 17.0 Å². The van der Waals surface area contributed by atoms with Crippen LogP contribution < -0.4 is 9.46 Å². The van der Waals surface area contributed by atoms with Crippen molar-refractivity contribution in [2.75, 3.05) is 6.26 Å². The fraction of sp³-hybridized carbons (Fsp3) is 0.200. The summed E-state index contributed by atoms with van der Waals surface area (Å²) in [7, 11) is -3.49. The zero-order valence-electron chi connectivity index (χ0n) is 16.7. The number of H-pyrrole nitrogens is 1. The zero-order chi connectivity index (χ0) is 22.9. The van der Waals surface area contributed by atoms with Gasteiger partial charge in [-0.2, -0.15) is 23.4 Å². The van der Waals surface area contributed by atoms with E-state index < -0.39 is 21.8 Å². The Balaban J connectivity index is 1.72. The van der Waals surface area contributed by atoms with E-state index in [-0.39, 0.29) is 13.2 Å². The van der Waals surface area contributed by atoms with Crippen LogP contribution in [0.2, 0.25) is 0 Å². The van der Waals surface area contributed by atoms with Crippen molar-refractivity contribution in [2.45, 2.75) is 19.3 Å². The number of ether oxygens (including phenoxy) is 1. The Morgan fingerprint density at radius 3 is 2.50 bits per heavy atom. The fourth-order valence-corrected chi connectivity index (χ4v) is 3.50. The smallest absolute Gasteiger partial charge is 0.416 e. The Kier molecular flexibility index (Phi) is 5.65. The number of sulfonamides is 1. The van der Waals surface area contributed by atoms with Crippen LogP contribution in [0.5, 0.6) is 5.75 Å². The van der Waals surface area contributed by atoms with Crippen molar-refractivity contribution >= 4 is 20.9 Å². The maximum Gasteiger partial charge on any atom is 0.416 e. The largest absolute Gasteiger partial charge is 0.487 e. The van der Waals surface area contributed by atoms with Crippen molar-refractivity contribution in [3.05, 3.63) is 71.7 Å². The highest BCUT2D eigenvalue weighted by atomic mass is 32.2. The van der Waals surface area contributed by atoms with Gasteiger partial charge in [-0.3, -0.25) is 5.10 Å². The van der Waals surface area contributed by atoms with Gasteiger partial charge in [-0.05, 0) is 48.5 Å². The van der Waals surface area contributed by atoms with Gasteiger partial charge < -0.3 is 4.74 Å². The lowest BCUT2D eigenvalue weighted by molar-refractivity contribution is -0.137. The van der Waals surface area contributed by atoms with Crippen LogP contribution in [-0.4, -0.2) is 34.7 Å². The Hall–Kier alpha value is -3.38. The molecule has 12 heteroatoms. The van der Waals surface area contributed by atoms with Crippen LogP contribution in [0.3, 0.4) is 0 Å². The van der Waals surface area contributed by atoms with E-state index in [4.69, 9.17) is 4.74 Å². The molecule has 2 aromatic heterocycles. The summed E-state index contributed by atoms with van der Waals surface area (Å²) >= 11 is 0. The van der Waals surface area contributed by atoms with Gasteiger partial charge in [-0.25, -0.2) is 17.8 Å². The number of benzene rings is 2. The summed E-state index contributed by atoms with van der Waals surface area (Å²) in [5.41, 5.74) is 1.31. The molecule has 0 aliphatic heterocycles. The topological polar surface area (TPSA) is 102 Å². The first-order chi connectivity index (χ1) is 15.1. The Morgan fingerprint density at radius 2 is 1.88 bits per heavy atom. The molecule has 0 spiro atoms. The minimum Gasteiger partial charge on any atom is -0.487 e. The van der Waals surface area contributed by atoms with E-state index in [1.54, 1.807) is 30.5 Å². The van der Waals surface area contributed by atoms with E-state index in [2.05, 4.69) is 20.0 Å². The number of rotatable bonds is 7. The molecule has 0 atom stereocenters. The predicted molar refractivity (Wildman–Crippen MR) is 111 cm³/mol. The first-order valence-electron chi connectivity index (χ1n) is 9.35. The van der Waals surface area contributed by atoms with Crippen LogP contribution in [-0.2, 0) is 29.4 Å². The second-order valence-corrected chi connectivity index (χ2v) is 8.86. The second kappa shape index (κ2) is 8.28. The number of halogens is 3. The maximum atomic E-state index is 12.9. The first kappa shape index (κ1) is 21.8. The lowest BCUT2D eigenvalue weighted by atomic mass is 10.2. The third-order valence-corrected chi connectivity index (χ3v) is 5.28. The molecule has 8 nitrogen and oxygen atoms in total. The monoisotopic (exact) mass is 465 g/mol. The number of aromatic nitrogens is 4. The zero-order valence-corrected chi connectivity index (χ0v) is 17.5. The Labute approximate surface area is 181 Å². The van der Waals surface area contributed by atoms with E-state index >= 15 is 0 Å². The van der Waals surface area contributed by atoms with Gasteiger partial charge in [0.1, 0.15) is 12.4 Å². The molecule has 4 aromatic rings. The highest BCUT2D eigenvalue weighted by Gasteiger charge is 2.30. The summed E-state index contributed by atoms with van der Waals surface area (Å²) in [6.45, 7) is 0.130. The van der Waals surface area contributed by atoms with Crippen LogP contribution in [0.4, 0.5) is 13.2 Å². The van der Waals surface area contributed by atoms with E-state index in [1.807, 2.05) is 0 Å². The number of nitrogens with zero attached hydrogens (tertiary/aromatic N) is 3. The fourth-order valence-electron chi connectivity index (χ4n) is 3.10. The summed E-state index contributed by atoms with van der Waals surface area (Å²) < 4.78 is 71.4. The molecule has 0 saturated heterocycles. The van der Waals surface area contributed by atoms with E-state index in [0.29, 0.717) is 33.7 Å². The molecule has 0 fully saturated rings. The van der Waals surface area contributed by atoms with E-state index in [0.717, 1.165) is 18.4 Å². The summed E-state index contributed by atoms with van der Waals surface area (Å²) in [6, 6.07) is 11.4. The number of hydrogen-bond acceptors (Lipinski definition) is 5. The molecule has 4 rings (SSSR count). The molecule has 168 valence electrons. The van der Waals surface area contributed by atoms with Gasteiger partial charge in [0.2, 0.25) is 10.0 Å². The second-order valence-electron chi connectivity index (χ2n) is 7.03. The summed E-state index contributed by atoms with van der Waals surface area (Å²) in [6.07, 6.45) is -1.75. The van der Waals surface area contributed by atoms with Crippen molar-refractivity contribution in [3.63, 3.8) is 0 Å². The summed E-state index contributed by atoms with van der Waals surface area (Å²) in [4.78, 5) is 0. The molecule has 0 bridgehead atoms. The summed E-state index contributed by atoms with van der Waals surface area (Å²) in [5, 5.41) is 11.7. The molecule has 0 saturated carbocycles. The number of fused-ring (bicyclic) bond motifs is 1. The molecule has 2 aromatic carbocycles. The molecular formula is C20H18F3N5O3S. The quantitative estimate of drug-likeness (QED) is 0.436. The van der Waals surface area contributed by atoms with E-state index in [9.17, 15) is 21.6 Å². The third kappa shape index (κ3) is 4.92. The van der Waals surface area contributed by atoms with Gasteiger partial charge in [0.15, 0.2) is 0 Å². The Bertz CT molecular complexity index is 1330. The minimum atomic E-state index is -4.45. The van der Waals surface area contributed by atoms with Gasteiger partial charge >= 0.3 is 6.18 Å². The number of nitrogens with one attached hydrogen (secondary N) is 2. The first-order valence-corrected chi connectivity index (χ1v) is 11.2. The van der Waals surface area contributed by atoms with Crippen molar-refractivity contribution < 1.29 is 26.3 Å². The SMILES string of the molecule is CS(=O)(=O)NCc1nn(-c2ccc(C(F)(F)F)cc2)c2ccc(OCc3cc[nH]n3)cc12. The molecule has 2 heterocycles. The van der Waals surface area contributed by atoms with Crippen molar-refractivity contribution in [3.8, 4) is 11.4 Å². The molecule has 2 N–H and O–H groups in total. The van der Waals surface area contributed by atoms with Gasteiger partial charge in [-0.1, -0.05) is 0 Å². The number of hydrogen-bond donors (Lipinski definition) is 2. The molecule has 0 radical (unpaired) electrons. The number of aromatic amines is 1. The average Bonchev–Trinajstić information content (AvgIpc) is 3.37. The maximum absolute atomic E-state index is 12.9. The van der Waals surface area contributed by atoms with Crippen LogP contribution in [0, 0.1) is 0 Å². The average molecular weight is 465 g/mol. The van der Waals surface area contributed by atoms with Crippen molar-refractivity contribution in [2.24, 2.45) is 0 Å². The molecule has 0 amide bonds. The van der Waals surface area contributed by atoms with Crippen molar-refractivity contribution in [1.29, 1.82) is 0 Å². The molecule has 0 unspecified atom stereocenters. The van der Waals surface area contributed by atoms with Gasteiger partial charge in [0.05, 0.1) is 41.0 Å². The predicted octanol–water partition coefficient (Wildman–Crippen LogP) is 3.40. The van der Waals surface area contributed by atoms with Crippen LogP contribution in [0.15, 0.2) is 54.7 Å². The summed E-state index contributed by atoms with van der Waals surface area (Å²) in [5.74, 6) is 0.507. The highest BCUT2D eigenvalue weighted by molar-refractivity contribution is 7.88.